The van der Waals surface area contributed by atoms with Crippen LogP contribution in [0.15, 0.2) is 0 Å². The van der Waals surface area contributed by atoms with Crippen molar-refractivity contribution in [3.8, 4) is 0 Å². The van der Waals surface area contributed by atoms with E-state index < -0.39 is 0 Å². The molecule has 2 N–H and O–H groups in total. The summed E-state index contributed by atoms with van der Waals surface area (Å²) in [7, 11) is 2.03. The van der Waals surface area contributed by atoms with Gasteiger partial charge in [-0.05, 0) is 19.3 Å². The number of carbonyl (C=O) groups is 1. The van der Waals surface area contributed by atoms with Crippen molar-refractivity contribution in [1.82, 2.24) is 20.9 Å². The first-order valence-electron chi connectivity index (χ1n) is 5.30. The Morgan fingerprint density at radius 3 is 3.00 bits per heavy atom. The fraction of sp³-hybridized carbons (Fsp3) is 0.889. The van der Waals surface area contributed by atoms with Crippen molar-refractivity contribution < 1.29 is 4.79 Å². The summed E-state index contributed by atoms with van der Waals surface area (Å²) in [5, 5.41) is 4.15. The van der Waals surface area contributed by atoms with Gasteiger partial charge in [-0.25, -0.2) is 10.0 Å². The Balaban J connectivity index is 1.94. The number of hydrogen-bond donors (Lipinski definition) is 2. The molecule has 2 heterocycles. The first-order valence-corrected chi connectivity index (χ1v) is 5.30. The lowest BCUT2D eigenvalue weighted by atomic mass is 10.2. The Bertz CT molecular complexity index is 221. The van der Waals surface area contributed by atoms with E-state index in [9.17, 15) is 4.79 Å². The maximum Gasteiger partial charge on any atom is 0.234 e. The van der Waals surface area contributed by atoms with Crippen LogP contribution in [0.1, 0.15) is 25.7 Å². The molecule has 1 amide bonds. The molecular weight excluding hydrogens is 180 g/mol. The zero-order valence-electron chi connectivity index (χ0n) is 8.62. The van der Waals surface area contributed by atoms with Crippen molar-refractivity contribution in [1.29, 1.82) is 0 Å². The Morgan fingerprint density at radius 2 is 2.29 bits per heavy atom. The average molecular weight is 198 g/mol. The van der Waals surface area contributed by atoms with Gasteiger partial charge in [-0.1, -0.05) is 0 Å². The van der Waals surface area contributed by atoms with Crippen molar-refractivity contribution in [2.75, 3.05) is 20.1 Å². The Kier molecular flexibility index (Phi) is 3.00. The molecule has 2 aliphatic rings. The molecule has 0 aromatic rings. The second-order valence-electron chi connectivity index (χ2n) is 3.97. The van der Waals surface area contributed by atoms with Gasteiger partial charge in [0.1, 0.15) is 0 Å². The van der Waals surface area contributed by atoms with E-state index in [1.54, 1.807) is 0 Å². The number of carbonyl (C=O) groups excluding carboxylic acids is 1. The molecule has 2 rings (SSSR count). The molecule has 0 aromatic heterocycles. The normalized spacial score (nSPS) is 31.5. The topological polar surface area (TPSA) is 47.6 Å². The molecule has 14 heavy (non-hydrogen) atoms. The van der Waals surface area contributed by atoms with Crippen LogP contribution in [0.2, 0.25) is 0 Å². The standard InChI is InChI=1S/C9H18N4O/c1-12-9(5-2-6-10-12)13-7-3-4-8(14)11-13/h9-10H,2-7H2,1H3,(H,11,14). The number of hydrazine groups is 2. The summed E-state index contributed by atoms with van der Waals surface area (Å²) >= 11 is 0. The highest BCUT2D eigenvalue weighted by Gasteiger charge is 2.28. The Hall–Kier alpha value is -0.650. The molecule has 0 spiro atoms. The molecule has 1 unspecified atom stereocenters. The molecule has 0 radical (unpaired) electrons. The summed E-state index contributed by atoms with van der Waals surface area (Å²) in [5.41, 5.74) is 6.21. The van der Waals surface area contributed by atoms with Crippen molar-refractivity contribution in [3.63, 3.8) is 0 Å². The highest BCUT2D eigenvalue weighted by molar-refractivity contribution is 5.75. The summed E-state index contributed by atoms with van der Waals surface area (Å²) in [6.07, 6.45) is 4.23. The zero-order chi connectivity index (χ0) is 9.97. The van der Waals surface area contributed by atoms with Crippen LogP contribution >= 0.6 is 0 Å². The average Bonchev–Trinajstić information content (AvgIpc) is 2.18. The third-order valence-electron chi connectivity index (χ3n) is 2.88. The van der Waals surface area contributed by atoms with E-state index in [2.05, 4.69) is 20.9 Å². The Morgan fingerprint density at radius 1 is 1.43 bits per heavy atom. The van der Waals surface area contributed by atoms with Gasteiger partial charge in [0.15, 0.2) is 0 Å². The Labute approximate surface area is 84.4 Å². The second kappa shape index (κ2) is 4.25. The quantitative estimate of drug-likeness (QED) is 0.605. The van der Waals surface area contributed by atoms with E-state index in [-0.39, 0.29) is 5.91 Å². The largest absolute Gasteiger partial charge is 0.287 e. The lowest BCUT2D eigenvalue weighted by Crippen LogP contribution is -2.62. The van der Waals surface area contributed by atoms with E-state index >= 15 is 0 Å². The van der Waals surface area contributed by atoms with E-state index in [0.717, 1.165) is 25.9 Å². The minimum Gasteiger partial charge on any atom is -0.287 e. The molecule has 2 aliphatic heterocycles. The van der Waals surface area contributed by atoms with E-state index in [1.165, 1.54) is 6.42 Å². The van der Waals surface area contributed by atoms with Gasteiger partial charge >= 0.3 is 0 Å². The lowest BCUT2D eigenvalue weighted by Gasteiger charge is -2.42. The molecule has 80 valence electrons. The lowest BCUT2D eigenvalue weighted by molar-refractivity contribution is -0.135. The first kappa shape index (κ1) is 9.89. The third-order valence-corrected chi connectivity index (χ3v) is 2.88. The number of rotatable bonds is 1. The summed E-state index contributed by atoms with van der Waals surface area (Å²) in [6, 6.07) is 0. The first-order chi connectivity index (χ1) is 6.77. The van der Waals surface area contributed by atoms with Crippen LogP contribution in [0, 0.1) is 0 Å². The van der Waals surface area contributed by atoms with Crippen molar-refractivity contribution in [3.05, 3.63) is 0 Å². The van der Waals surface area contributed by atoms with Gasteiger partial charge in [0, 0.05) is 26.6 Å². The predicted octanol–water partition coefficient (Wildman–Crippen LogP) is -0.330. The van der Waals surface area contributed by atoms with Crippen LogP contribution in [0.25, 0.3) is 0 Å². The molecule has 2 fully saturated rings. The summed E-state index contributed by atoms with van der Waals surface area (Å²) < 4.78 is 0. The predicted molar refractivity (Wildman–Crippen MR) is 52.9 cm³/mol. The van der Waals surface area contributed by atoms with Crippen molar-refractivity contribution >= 4 is 5.91 Å². The maximum absolute atomic E-state index is 11.2. The van der Waals surface area contributed by atoms with Gasteiger partial charge in [-0.2, -0.15) is 0 Å². The fourth-order valence-corrected chi connectivity index (χ4v) is 2.11. The van der Waals surface area contributed by atoms with Crippen molar-refractivity contribution in [2.45, 2.75) is 31.8 Å². The van der Waals surface area contributed by atoms with Gasteiger partial charge in [-0.15, -0.1) is 0 Å². The molecule has 0 aliphatic carbocycles. The minimum absolute atomic E-state index is 0.148. The summed E-state index contributed by atoms with van der Waals surface area (Å²) in [6.45, 7) is 2.00. The molecule has 5 nitrogen and oxygen atoms in total. The number of nitrogens with one attached hydrogen (secondary N) is 2. The van der Waals surface area contributed by atoms with E-state index in [1.807, 2.05) is 7.05 Å². The monoisotopic (exact) mass is 198 g/mol. The molecule has 1 atom stereocenters. The van der Waals surface area contributed by atoms with Crippen LogP contribution in [0.3, 0.4) is 0 Å². The summed E-state index contributed by atoms with van der Waals surface area (Å²) in [4.78, 5) is 11.2. The van der Waals surface area contributed by atoms with Crippen molar-refractivity contribution in [2.24, 2.45) is 0 Å². The van der Waals surface area contributed by atoms with Crippen LogP contribution < -0.4 is 10.9 Å². The smallest absolute Gasteiger partial charge is 0.234 e. The van der Waals surface area contributed by atoms with E-state index in [4.69, 9.17) is 0 Å². The SMILES string of the molecule is CN1NCCCC1N1CCCC(=O)N1. The molecule has 5 heteroatoms. The maximum atomic E-state index is 11.2. The van der Waals surface area contributed by atoms with Gasteiger partial charge in [0.2, 0.25) is 5.91 Å². The molecular formula is C9H18N4O. The van der Waals surface area contributed by atoms with E-state index in [0.29, 0.717) is 12.6 Å². The highest BCUT2D eigenvalue weighted by Crippen LogP contribution is 2.14. The number of nitrogens with zero attached hydrogens (tertiary/aromatic N) is 2. The summed E-state index contributed by atoms with van der Waals surface area (Å²) in [5.74, 6) is 0.148. The molecule has 0 bridgehead atoms. The van der Waals surface area contributed by atoms with Gasteiger partial charge < -0.3 is 0 Å². The second-order valence-corrected chi connectivity index (χ2v) is 3.97. The van der Waals surface area contributed by atoms with Crippen LogP contribution in [-0.2, 0) is 4.79 Å². The fourth-order valence-electron chi connectivity index (χ4n) is 2.11. The van der Waals surface area contributed by atoms with Crippen LogP contribution in [0.5, 0.6) is 0 Å². The zero-order valence-corrected chi connectivity index (χ0v) is 8.62. The molecule has 0 saturated carbocycles. The van der Waals surface area contributed by atoms with Gasteiger partial charge in [-0.3, -0.25) is 15.6 Å². The number of amides is 1. The number of hydrogen-bond acceptors (Lipinski definition) is 4. The molecule has 0 aromatic carbocycles. The van der Waals surface area contributed by atoms with Crippen LogP contribution in [0.4, 0.5) is 0 Å². The van der Waals surface area contributed by atoms with Gasteiger partial charge in [0.05, 0.1) is 6.17 Å². The third kappa shape index (κ3) is 2.05. The minimum atomic E-state index is 0.148. The highest BCUT2D eigenvalue weighted by atomic mass is 16.2. The van der Waals surface area contributed by atoms with Gasteiger partial charge in [0.25, 0.3) is 0 Å². The van der Waals surface area contributed by atoms with Crippen LogP contribution in [-0.4, -0.2) is 42.2 Å². The molecule has 2 saturated heterocycles.